The quantitative estimate of drug-likeness (QED) is 0.572. The summed E-state index contributed by atoms with van der Waals surface area (Å²) in [6.45, 7) is 3.11. The van der Waals surface area contributed by atoms with Gasteiger partial charge < -0.3 is 15.4 Å². The minimum Gasteiger partial charge on any atom is -0.382 e. The van der Waals surface area contributed by atoms with Gasteiger partial charge in [-0.05, 0) is 13.8 Å². The summed E-state index contributed by atoms with van der Waals surface area (Å²) < 4.78 is 4.45. The molecule has 0 aliphatic heterocycles. The first-order chi connectivity index (χ1) is 4.50. The van der Waals surface area contributed by atoms with Crippen LogP contribution in [0.4, 0.5) is 6.01 Å². The van der Waals surface area contributed by atoms with E-state index in [1.165, 1.54) is 0 Å². The third-order valence-corrected chi connectivity index (χ3v) is 0.989. The Morgan fingerprint density at radius 2 is 2.20 bits per heavy atom. The van der Waals surface area contributed by atoms with E-state index in [-0.39, 0.29) is 11.8 Å². The molecule has 1 heterocycles. The highest BCUT2D eigenvalue weighted by molar-refractivity contribution is 5.10. The molecular weight excluding hydrogens is 134 g/mol. The molecule has 0 unspecified atom stereocenters. The van der Waals surface area contributed by atoms with Gasteiger partial charge in [0.05, 0.1) is 0 Å². The van der Waals surface area contributed by atoms with Crippen molar-refractivity contribution in [3.8, 4) is 0 Å². The lowest BCUT2D eigenvalue weighted by atomic mass is 10.1. The molecule has 0 aromatic carbocycles. The third kappa shape index (κ3) is 1.24. The van der Waals surface area contributed by atoms with Crippen LogP contribution in [0.1, 0.15) is 19.7 Å². The van der Waals surface area contributed by atoms with Crippen LogP contribution in [0.5, 0.6) is 0 Å². The van der Waals surface area contributed by atoms with Gasteiger partial charge in [0.1, 0.15) is 5.60 Å². The lowest BCUT2D eigenvalue weighted by Gasteiger charge is -2.09. The summed E-state index contributed by atoms with van der Waals surface area (Å²) in [5.74, 6) is 0.199. The fourth-order valence-corrected chi connectivity index (χ4v) is 0.484. The van der Waals surface area contributed by atoms with Gasteiger partial charge in [0, 0.05) is 0 Å². The number of aromatic nitrogens is 2. The van der Waals surface area contributed by atoms with Crippen molar-refractivity contribution < 1.29 is 9.63 Å². The van der Waals surface area contributed by atoms with Gasteiger partial charge in [0.15, 0.2) is 0 Å². The molecule has 0 fully saturated rings. The van der Waals surface area contributed by atoms with E-state index in [0.29, 0.717) is 0 Å². The standard InChI is InChI=1S/C5H9N3O2/c1-5(2,9)3-7-4(6)10-8-3/h9H,1-2H3,(H2,6,7,8). The summed E-state index contributed by atoms with van der Waals surface area (Å²) in [7, 11) is 0. The molecule has 0 aliphatic carbocycles. The Morgan fingerprint density at radius 1 is 1.60 bits per heavy atom. The van der Waals surface area contributed by atoms with Crippen LogP contribution in [-0.2, 0) is 5.60 Å². The molecule has 1 aromatic rings. The van der Waals surface area contributed by atoms with Crippen LogP contribution in [0, 0.1) is 0 Å². The van der Waals surface area contributed by atoms with E-state index in [9.17, 15) is 5.11 Å². The molecule has 5 nitrogen and oxygen atoms in total. The fraction of sp³-hybridized carbons (Fsp3) is 0.600. The molecule has 5 heteroatoms. The molecule has 0 amide bonds. The average molecular weight is 143 g/mol. The first-order valence-electron chi connectivity index (χ1n) is 2.82. The molecule has 1 aromatic heterocycles. The summed E-state index contributed by atoms with van der Waals surface area (Å²) in [5.41, 5.74) is 4.04. The van der Waals surface area contributed by atoms with Gasteiger partial charge in [-0.25, -0.2) is 0 Å². The van der Waals surface area contributed by atoms with Crippen LogP contribution in [0.25, 0.3) is 0 Å². The minimum absolute atomic E-state index is 0.0304. The lowest BCUT2D eigenvalue weighted by Crippen LogP contribution is -2.17. The van der Waals surface area contributed by atoms with Crippen LogP contribution in [0.3, 0.4) is 0 Å². The van der Waals surface area contributed by atoms with Crippen molar-refractivity contribution >= 4 is 6.01 Å². The van der Waals surface area contributed by atoms with Gasteiger partial charge in [0.25, 0.3) is 0 Å². The van der Waals surface area contributed by atoms with E-state index < -0.39 is 5.60 Å². The molecule has 0 radical (unpaired) electrons. The van der Waals surface area contributed by atoms with Crippen LogP contribution in [-0.4, -0.2) is 15.2 Å². The summed E-state index contributed by atoms with van der Waals surface area (Å²) in [6.07, 6.45) is 0. The number of hydrogen-bond acceptors (Lipinski definition) is 5. The number of hydrogen-bond donors (Lipinski definition) is 2. The van der Waals surface area contributed by atoms with Gasteiger partial charge >= 0.3 is 6.01 Å². The summed E-state index contributed by atoms with van der Waals surface area (Å²) in [6, 6.07) is -0.0304. The van der Waals surface area contributed by atoms with E-state index in [1.54, 1.807) is 13.8 Å². The largest absolute Gasteiger partial charge is 0.382 e. The van der Waals surface area contributed by atoms with Crippen molar-refractivity contribution in [2.45, 2.75) is 19.4 Å². The monoisotopic (exact) mass is 143 g/mol. The molecule has 0 aliphatic rings. The zero-order valence-electron chi connectivity index (χ0n) is 5.83. The first kappa shape index (κ1) is 7.01. The highest BCUT2D eigenvalue weighted by Crippen LogP contribution is 2.15. The zero-order valence-corrected chi connectivity index (χ0v) is 5.83. The molecule has 0 spiro atoms. The average Bonchev–Trinajstić information content (AvgIpc) is 2.11. The van der Waals surface area contributed by atoms with Crippen molar-refractivity contribution in [1.82, 2.24) is 10.1 Å². The van der Waals surface area contributed by atoms with E-state index in [2.05, 4.69) is 14.7 Å². The molecular formula is C5H9N3O2. The van der Waals surface area contributed by atoms with Gasteiger partial charge in [-0.1, -0.05) is 5.16 Å². The lowest BCUT2D eigenvalue weighted by molar-refractivity contribution is 0.0661. The maximum absolute atomic E-state index is 9.26. The zero-order chi connectivity index (χ0) is 7.78. The van der Waals surface area contributed by atoms with Crippen molar-refractivity contribution in [2.75, 3.05) is 5.73 Å². The SMILES string of the molecule is CC(C)(O)c1noc(N)n1. The maximum Gasteiger partial charge on any atom is 0.318 e. The summed E-state index contributed by atoms with van der Waals surface area (Å²) in [4.78, 5) is 3.63. The van der Waals surface area contributed by atoms with Crippen molar-refractivity contribution in [1.29, 1.82) is 0 Å². The van der Waals surface area contributed by atoms with Crippen molar-refractivity contribution in [3.05, 3.63) is 5.82 Å². The van der Waals surface area contributed by atoms with Crippen LogP contribution < -0.4 is 5.73 Å². The predicted molar refractivity (Wildman–Crippen MR) is 34.0 cm³/mol. The highest BCUT2D eigenvalue weighted by Gasteiger charge is 2.22. The van der Waals surface area contributed by atoms with E-state index >= 15 is 0 Å². The molecule has 0 saturated carbocycles. The number of nitrogens with two attached hydrogens (primary N) is 1. The second-order valence-corrected chi connectivity index (χ2v) is 2.52. The minimum atomic E-state index is -1.08. The normalized spacial score (nSPS) is 11.9. The van der Waals surface area contributed by atoms with Crippen LogP contribution in [0.15, 0.2) is 4.52 Å². The van der Waals surface area contributed by atoms with Crippen molar-refractivity contribution in [3.63, 3.8) is 0 Å². The Hall–Kier alpha value is -1.10. The number of anilines is 1. The van der Waals surface area contributed by atoms with Gasteiger partial charge in [-0.3, -0.25) is 0 Å². The molecule has 0 saturated heterocycles. The Morgan fingerprint density at radius 3 is 2.40 bits per heavy atom. The van der Waals surface area contributed by atoms with E-state index in [1.807, 2.05) is 0 Å². The van der Waals surface area contributed by atoms with Crippen molar-refractivity contribution in [2.24, 2.45) is 0 Å². The molecule has 0 bridgehead atoms. The second-order valence-electron chi connectivity index (χ2n) is 2.52. The molecule has 56 valence electrons. The summed E-state index contributed by atoms with van der Waals surface area (Å²) >= 11 is 0. The second kappa shape index (κ2) is 1.95. The topological polar surface area (TPSA) is 85.2 Å². The first-order valence-corrected chi connectivity index (χ1v) is 2.82. The van der Waals surface area contributed by atoms with Crippen LogP contribution in [0.2, 0.25) is 0 Å². The van der Waals surface area contributed by atoms with Gasteiger partial charge in [-0.15, -0.1) is 0 Å². The highest BCUT2D eigenvalue weighted by atomic mass is 16.5. The van der Waals surface area contributed by atoms with Crippen LogP contribution >= 0.6 is 0 Å². The van der Waals surface area contributed by atoms with E-state index in [0.717, 1.165) is 0 Å². The Kier molecular flexibility index (Phi) is 1.37. The number of rotatable bonds is 1. The fourth-order valence-electron chi connectivity index (χ4n) is 0.484. The Labute approximate surface area is 57.8 Å². The molecule has 3 N–H and O–H groups in total. The van der Waals surface area contributed by atoms with E-state index in [4.69, 9.17) is 5.73 Å². The number of nitrogen functional groups attached to an aromatic ring is 1. The smallest absolute Gasteiger partial charge is 0.318 e. The Bertz CT molecular complexity index is 225. The maximum atomic E-state index is 9.26. The number of nitrogens with zero attached hydrogens (tertiary/aromatic N) is 2. The Balaban J connectivity index is 2.96. The van der Waals surface area contributed by atoms with Gasteiger partial charge in [0.2, 0.25) is 5.82 Å². The molecule has 0 atom stereocenters. The molecule has 10 heavy (non-hydrogen) atoms. The predicted octanol–water partition coefficient (Wildman–Crippen LogP) is -0.121. The number of aliphatic hydroxyl groups is 1. The summed E-state index contributed by atoms with van der Waals surface area (Å²) in [5, 5.41) is 12.7. The third-order valence-electron chi connectivity index (χ3n) is 0.989. The van der Waals surface area contributed by atoms with Gasteiger partial charge in [-0.2, -0.15) is 4.98 Å². The molecule has 1 rings (SSSR count).